The average Bonchev–Trinajstić information content (AvgIpc) is 2.81. The van der Waals surface area contributed by atoms with Crippen LogP contribution in [0, 0.1) is 12.8 Å². The number of ether oxygens (including phenoxy) is 1. The summed E-state index contributed by atoms with van der Waals surface area (Å²) in [6, 6.07) is 7.91. The van der Waals surface area contributed by atoms with E-state index in [1.165, 1.54) is 6.21 Å². The highest BCUT2D eigenvalue weighted by molar-refractivity contribution is 6.11. The summed E-state index contributed by atoms with van der Waals surface area (Å²) in [6.45, 7) is 7.90. The number of carbonyl (C=O) groups is 1. The lowest BCUT2D eigenvalue weighted by molar-refractivity contribution is -0.114. The van der Waals surface area contributed by atoms with Crippen molar-refractivity contribution in [1.82, 2.24) is 4.98 Å². The molecule has 0 radical (unpaired) electrons. The summed E-state index contributed by atoms with van der Waals surface area (Å²) < 4.78 is 5.92. The molecule has 2 heterocycles. The second-order valence-electron chi connectivity index (χ2n) is 5.46. The van der Waals surface area contributed by atoms with Crippen molar-refractivity contribution >= 4 is 22.9 Å². The molecule has 0 saturated heterocycles. The molecule has 1 aliphatic rings. The molecule has 1 atom stereocenters. The zero-order valence-corrected chi connectivity index (χ0v) is 15.0. The molecule has 0 bridgehead atoms. The third kappa shape index (κ3) is 4.32. The number of carbonyl (C=O) groups excluding carboxylic acids is 1. The van der Waals surface area contributed by atoms with E-state index in [9.17, 15) is 4.79 Å². The van der Waals surface area contributed by atoms with Crippen molar-refractivity contribution in [3.05, 3.63) is 59.8 Å². The Kier molecular flexibility index (Phi) is 6.06. The van der Waals surface area contributed by atoms with Crippen LogP contribution in [0.25, 0.3) is 10.8 Å². The topological polar surface area (TPSA) is 77.6 Å². The van der Waals surface area contributed by atoms with Crippen LogP contribution in [-0.2, 0) is 4.79 Å². The highest BCUT2D eigenvalue weighted by atomic mass is 16.5. The molecule has 3 rings (SSSR count). The van der Waals surface area contributed by atoms with E-state index in [1.807, 2.05) is 58.0 Å². The third-order valence-electron chi connectivity index (χ3n) is 3.64. The van der Waals surface area contributed by atoms with Crippen LogP contribution < -0.4 is 10.5 Å². The van der Waals surface area contributed by atoms with Crippen molar-refractivity contribution in [2.24, 2.45) is 16.6 Å². The number of aromatic nitrogens is 1. The molecule has 1 unspecified atom stereocenters. The largest absolute Gasteiger partial charge is 0.437 e. The standard InChI is InChI=1S/C18H17N3O2.C2H6/c1-11-7-13(18(19)22)9-21-17(8-11)23-16-10-20-12(2)14-5-3-4-6-15(14)16;1-2/h3-11H,1-2H3,(H2,19,22);1-2H3. The molecular formula is C20H23N3O2. The van der Waals surface area contributed by atoms with Gasteiger partial charge < -0.3 is 10.5 Å². The normalized spacial score (nSPS) is 16.2. The Hall–Kier alpha value is -2.95. The van der Waals surface area contributed by atoms with Crippen LogP contribution in [0.2, 0.25) is 0 Å². The number of nitrogens with two attached hydrogens (primary N) is 1. The summed E-state index contributed by atoms with van der Waals surface area (Å²) in [5.74, 6) is 0.530. The molecule has 0 saturated carbocycles. The van der Waals surface area contributed by atoms with Crippen LogP contribution in [0.4, 0.5) is 0 Å². The van der Waals surface area contributed by atoms with Crippen LogP contribution in [0.5, 0.6) is 5.75 Å². The minimum absolute atomic E-state index is 0.0142. The van der Waals surface area contributed by atoms with Gasteiger partial charge in [0.2, 0.25) is 11.8 Å². The zero-order chi connectivity index (χ0) is 18.4. The highest BCUT2D eigenvalue weighted by Crippen LogP contribution is 2.28. The molecule has 1 amide bonds. The molecular weight excluding hydrogens is 314 g/mol. The molecule has 2 aromatic rings. The number of aliphatic imine (C=N–C) groups is 1. The van der Waals surface area contributed by atoms with Crippen LogP contribution in [0.15, 0.2) is 59.1 Å². The predicted molar refractivity (Wildman–Crippen MR) is 101 cm³/mol. The molecule has 1 aliphatic heterocycles. The maximum Gasteiger partial charge on any atom is 0.249 e. The van der Waals surface area contributed by atoms with E-state index in [1.54, 1.807) is 12.3 Å². The number of allylic oxidation sites excluding steroid dienone is 2. The van der Waals surface area contributed by atoms with Gasteiger partial charge in [-0.15, -0.1) is 0 Å². The van der Waals surface area contributed by atoms with E-state index < -0.39 is 5.91 Å². The number of aryl methyl sites for hydroxylation is 1. The highest BCUT2D eigenvalue weighted by Gasteiger charge is 2.12. The maximum atomic E-state index is 11.3. The Bertz CT molecular complexity index is 866. The Labute approximate surface area is 147 Å². The number of rotatable bonds is 3. The van der Waals surface area contributed by atoms with Crippen LogP contribution >= 0.6 is 0 Å². The van der Waals surface area contributed by atoms with Crippen LogP contribution in [0.1, 0.15) is 26.5 Å². The number of hydrogen-bond acceptors (Lipinski definition) is 4. The first kappa shape index (κ1) is 18.4. The zero-order valence-electron chi connectivity index (χ0n) is 15.0. The van der Waals surface area contributed by atoms with Crippen LogP contribution in [0.3, 0.4) is 0 Å². The Balaban J connectivity index is 0.00000109. The quantitative estimate of drug-likeness (QED) is 0.922. The van der Waals surface area contributed by atoms with E-state index in [0.29, 0.717) is 17.2 Å². The fraction of sp³-hybridized carbons (Fsp3) is 0.250. The SMILES string of the molecule is CC.Cc1ncc(OC2=CC(C)C=C(C(N)=O)C=N2)c2ccccc12. The van der Waals surface area contributed by atoms with Gasteiger partial charge in [0.25, 0.3) is 0 Å². The van der Waals surface area contributed by atoms with Crippen molar-refractivity contribution in [3.8, 4) is 5.75 Å². The first-order chi connectivity index (χ1) is 12.0. The van der Waals surface area contributed by atoms with Gasteiger partial charge in [-0.3, -0.25) is 9.78 Å². The lowest BCUT2D eigenvalue weighted by atomic mass is 10.1. The minimum atomic E-state index is -0.502. The van der Waals surface area contributed by atoms with Gasteiger partial charge in [-0.05, 0) is 18.9 Å². The lowest BCUT2D eigenvalue weighted by Gasteiger charge is -2.10. The van der Waals surface area contributed by atoms with Gasteiger partial charge in [0.05, 0.1) is 11.8 Å². The maximum absolute atomic E-state index is 11.3. The third-order valence-corrected chi connectivity index (χ3v) is 3.64. The van der Waals surface area contributed by atoms with Crippen molar-refractivity contribution in [2.75, 3.05) is 0 Å². The molecule has 25 heavy (non-hydrogen) atoms. The van der Waals surface area contributed by atoms with Crippen molar-refractivity contribution < 1.29 is 9.53 Å². The number of benzene rings is 1. The average molecular weight is 337 g/mol. The fourth-order valence-electron chi connectivity index (χ4n) is 2.48. The van der Waals surface area contributed by atoms with Gasteiger partial charge in [0.1, 0.15) is 0 Å². The van der Waals surface area contributed by atoms with Crippen molar-refractivity contribution in [1.29, 1.82) is 0 Å². The van der Waals surface area contributed by atoms with E-state index in [0.717, 1.165) is 16.5 Å². The predicted octanol–water partition coefficient (Wildman–Crippen LogP) is 3.92. The summed E-state index contributed by atoms with van der Waals surface area (Å²) in [4.78, 5) is 19.9. The Morgan fingerprint density at radius 2 is 1.84 bits per heavy atom. The molecule has 130 valence electrons. The van der Waals surface area contributed by atoms with E-state index in [4.69, 9.17) is 10.5 Å². The minimum Gasteiger partial charge on any atom is -0.437 e. The monoisotopic (exact) mass is 337 g/mol. The summed E-state index contributed by atoms with van der Waals surface area (Å²) >= 11 is 0. The number of amides is 1. The molecule has 1 aromatic carbocycles. The molecule has 2 N–H and O–H groups in total. The fourth-order valence-corrected chi connectivity index (χ4v) is 2.48. The summed E-state index contributed by atoms with van der Waals surface area (Å²) in [6.07, 6.45) is 6.71. The Morgan fingerprint density at radius 1 is 1.16 bits per heavy atom. The first-order valence-electron chi connectivity index (χ1n) is 8.34. The van der Waals surface area contributed by atoms with Crippen LogP contribution in [-0.4, -0.2) is 17.1 Å². The number of primary amides is 1. The molecule has 1 aromatic heterocycles. The summed E-state index contributed by atoms with van der Waals surface area (Å²) in [7, 11) is 0. The molecule has 5 nitrogen and oxygen atoms in total. The second-order valence-corrected chi connectivity index (χ2v) is 5.46. The number of nitrogens with zero attached hydrogens (tertiary/aromatic N) is 2. The van der Waals surface area contributed by atoms with E-state index in [-0.39, 0.29) is 5.92 Å². The van der Waals surface area contributed by atoms with E-state index in [2.05, 4.69) is 9.98 Å². The molecule has 0 aliphatic carbocycles. The second kappa shape index (κ2) is 8.24. The van der Waals surface area contributed by atoms with Gasteiger partial charge in [0, 0.05) is 22.7 Å². The number of hydrogen-bond donors (Lipinski definition) is 1. The number of fused-ring (bicyclic) bond motifs is 1. The van der Waals surface area contributed by atoms with Gasteiger partial charge in [-0.1, -0.05) is 51.1 Å². The molecule has 0 fully saturated rings. The van der Waals surface area contributed by atoms with Crippen molar-refractivity contribution in [2.45, 2.75) is 27.7 Å². The lowest BCUT2D eigenvalue weighted by Crippen LogP contribution is -2.15. The smallest absolute Gasteiger partial charge is 0.249 e. The molecule has 0 spiro atoms. The van der Waals surface area contributed by atoms with E-state index >= 15 is 0 Å². The molecule has 5 heteroatoms. The van der Waals surface area contributed by atoms with Gasteiger partial charge >= 0.3 is 0 Å². The first-order valence-corrected chi connectivity index (χ1v) is 8.34. The van der Waals surface area contributed by atoms with Gasteiger partial charge in [-0.2, -0.15) is 0 Å². The summed E-state index contributed by atoms with van der Waals surface area (Å²) in [5, 5.41) is 2.00. The van der Waals surface area contributed by atoms with Gasteiger partial charge in [0.15, 0.2) is 5.75 Å². The Morgan fingerprint density at radius 3 is 2.52 bits per heavy atom. The van der Waals surface area contributed by atoms with Gasteiger partial charge in [-0.25, -0.2) is 4.99 Å². The number of pyridine rings is 1. The van der Waals surface area contributed by atoms with Crippen molar-refractivity contribution in [3.63, 3.8) is 0 Å². The summed E-state index contributed by atoms with van der Waals surface area (Å²) in [5.41, 5.74) is 6.63.